The van der Waals surface area contributed by atoms with Crippen LogP contribution in [-0.2, 0) is 7.05 Å². The molecular formula is C18H21N5O2. The molecule has 3 amide bonds. The Morgan fingerprint density at radius 3 is 2.92 bits per heavy atom. The number of benzene rings is 1. The van der Waals surface area contributed by atoms with Crippen molar-refractivity contribution in [3.05, 3.63) is 47.8 Å². The molecule has 0 radical (unpaired) electrons. The lowest BCUT2D eigenvalue weighted by atomic mass is 10.1. The van der Waals surface area contributed by atoms with Gasteiger partial charge in [-0.3, -0.25) is 14.4 Å². The van der Waals surface area contributed by atoms with Crippen molar-refractivity contribution in [2.75, 3.05) is 24.5 Å². The molecule has 2 fully saturated rings. The third kappa shape index (κ3) is 2.86. The van der Waals surface area contributed by atoms with Crippen molar-refractivity contribution < 1.29 is 9.59 Å². The van der Waals surface area contributed by atoms with Gasteiger partial charge in [-0.25, -0.2) is 4.79 Å². The van der Waals surface area contributed by atoms with Crippen LogP contribution in [-0.4, -0.2) is 46.3 Å². The summed E-state index contributed by atoms with van der Waals surface area (Å²) in [4.78, 5) is 28.5. The van der Waals surface area contributed by atoms with Gasteiger partial charge >= 0.3 is 6.03 Å². The summed E-state index contributed by atoms with van der Waals surface area (Å²) in [6.45, 7) is 2.00. The topological polar surface area (TPSA) is 70.5 Å². The number of likely N-dealkylation sites (tertiary alicyclic amines) is 1. The smallest absolute Gasteiger partial charge is 0.321 e. The second kappa shape index (κ2) is 6.23. The van der Waals surface area contributed by atoms with Crippen molar-refractivity contribution >= 4 is 17.6 Å². The van der Waals surface area contributed by atoms with E-state index in [0.717, 1.165) is 30.6 Å². The van der Waals surface area contributed by atoms with E-state index in [9.17, 15) is 9.59 Å². The normalized spacial score (nSPS) is 20.2. The van der Waals surface area contributed by atoms with Gasteiger partial charge in [-0.2, -0.15) is 5.10 Å². The number of hydrogen-bond acceptors (Lipinski definition) is 3. The molecule has 130 valence electrons. The third-order valence-electron chi connectivity index (χ3n) is 4.88. The lowest BCUT2D eigenvalue weighted by Crippen LogP contribution is -2.31. The van der Waals surface area contributed by atoms with Crippen molar-refractivity contribution in [3.63, 3.8) is 0 Å². The molecule has 1 unspecified atom stereocenters. The van der Waals surface area contributed by atoms with Crippen LogP contribution < -0.4 is 10.2 Å². The number of nitrogens with one attached hydrogen (secondary N) is 1. The maximum absolute atomic E-state index is 13.1. The molecule has 0 saturated carbocycles. The molecule has 0 aliphatic carbocycles. The van der Waals surface area contributed by atoms with Crippen molar-refractivity contribution in [2.45, 2.75) is 18.9 Å². The molecule has 2 aliphatic rings. The molecule has 1 aromatic heterocycles. The molecule has 2 aromatic rings. The minimum Gasteiger partial charge on any atom is -0.336 e. The van der Waals surface area contributed by atoms with Crippen LogP contribution in [0.5, 0.6) is 0 Å². The average Bonchev–Trinajstić information content (AvgIpc) is 3.34. The van der Waals surface area contributed by atoms with E-state index in [-0.39, 0.29) is 18.0 Å². The van der Waals surface area contributed by atoms with E-state index in [2.05, 4.69) is 10.4 Å². The predicted molar refractivity (Wildman–Crippen MR) is 93.4 cm³/mol. The van der Waals surface area contributed by atoms with Gasteiger partial charge in [0.25, 0.3) is 5.91 Å². The van der Waals surface area contributed by atoms with E-state index in [1.54, 1.807) is 9.58 Å². The molecule has 0 spiro atoms. The van der Waals surface area contributed by atoms with Crippen LogP contribution in [0.1, 0.15) is 34.8 Å². The third-order valence-corrected chi connectivity index (χ3v) is 4.88. The van der Waals surface area contributed by atoms with E-state index in [4.69, 9.17) is 0 Å². The van der Waals surface area contributed by atoms with Gasteiger partial charge in [-0.15, -0.1) is 0 Å². The minimum atomic E-state index is -0.112. The summed E-state index contributed by atoms with van der Waals surface area (Å²) in [5.41, 5.74) is 2.45. The van der Waals surface area contributed by atoms with Gasteiger partial charge < -0.3 is 10.2 Å². The largest absolute Gasteiger partial charge is 0.336 e. The number of amides is 3. The fraction of sp³-hybridized carbons (Fsp3) is 0.389. The highest BCUT2D eigenvalue weighted by Gasteiger charge is 2.32. The summed E-state index contributed by atoms with van der Waals surface area (Å²) in [7, 11) is 1.88. The molecule has 7 heteroatoms. The van der Waals surface area contributed by atoms with E-state index in [1.807, 2.05) is 48.6 Å². The molecule has 4 rings (SSSR count). The Labute approximate surface area is 146 Å². The Balaban J connectivity index is 1.59. The fourth-order valence-electron chi connectivity index (χ4n) is 3.66. The predicted octanol–water partition coefficient (Wildman–Crippen LogP) is 1.93. The molecule has 0 bridgehead atoms. The highest BCUT2D eigenvalue weighted by Crippen LogP contribution is 2.33. The summed E-state index contributed by atoms with van der Waals surface area (Å²) in [5.74, 6) is 0.00723. The van der Waals surface area contributed by atoms with Crippen molar-refractivity contribution in [1.29, 1.82) is 0 Å². The SMILES string of the molecule is Cn1cc(C2CCCN2C(=O)c2cccc(N3CCNC3=O)c2)cn1. The van der Waals surface area contributed by atoms with Crippen LogP contribution in [0.4, 0.5) is 10.5 Å². The first-order chi connectivity index (χ1) is 12.1. The lowest BCUT2D eigenvalue weighted by Gasteiger charge is -2.24. The van der Waals surface area contributed by atoms with Gasteiger partial charge in [0, 0.05) is 49.7 Å². The fourth-order valence-corrected chi connectivity index (χ4v) is 3.66. The van der Waals surface area contributed by atoms with Crippen molar-refractivity contribution in [2.24, 2.45) is 7.05 Å². The van der Waals surface area contributed by atoms with Gasteiger partial charge in [0.2, 0.25) is 0 Å². The second-order valence-corrected chi connectivity index (χ2v) is 6.54. The Morgan fingerprint density at radius 1 is 1.32 bits per heavy atom. The molecule has 25 heavy (non-hydrogen) atoms. The van der Waals surface area contributed by atoms with Crippen LogP contribution in [0.2, 0.25) is 0 Å². The van der Waals surface area contributed by atoms with E-state index in [0.29, 0.717) is 18.7 Å². The Morgan fingerprint density at radius 2 is 2.20 bits per heavy atom. The number of rotatable bonds is 3. The number of hydrogen-bond donors (Lipinski definition) is 1. The maximum atomic E-state index is 13.1. The quantitative estimate of drug-likeness (QED) is 0.929. The van der Waals surface area contributed by atoms with Gasteiger partial charge in [-0.05, 0) is 31.0 Å². The number of carbonyl (C=O) groups excluding carboxylic acids is 2. The van der Waals surface area contributed by atoms with Gasteiger partial charge in [-0.1, -0.05) is 6.07 Å². The highest BCUT2D eigenvalue weighted by atomic mass is 16.2. The van der Waals surface area contributed by atoms with Gasteiger partial charge in [0.15, 0.2) is 0 Å². The molecule has 7 nitrogen and oxygen atoms in total. The van der Waals surface area contributed by atoms with Crippen LogP contribution in [0, 0.1) is 0 Å². The van der Waals surface area contributed by atoms with Crippen LogP contribution in [0.15, 0.2) is 36.7 Å². The van der Waals surface area contributed by atoms with Gasteiger partial charge in [0.05, 0.1) is 12.2 Å². The molecular weight excluding hydrogens is 318 g/mol. The first kappa shape index (κ1) is 15.7. The summed E-state index contributed by atoms with van der Waals surface area (Å²) < 4.78 is 1.77. The molecule has 2 saturated heterocycles. The zero-order valence-electron chi connectivity index (χ0n) is 14.2. The zero-order valence-corrected chi connectivity index (χ0v) is 14.2. The molecule has 1 atom stereocenters. The monoisotopic (exact) mass is 339 g/mol. The Bertz CT molecular complexity index is 815. The first-order valence-electron chi connectivity index (χ1n) is 8.58. The molecule has 2 aliphatic heterocycles. The van der Waals surface area contributed by atoms with Crippen LogP contribution in [0.25, 0.3) is 0 Å². The minimum absolute atomic E-state index is 0.00723. The lowest BCUT2D eigenvalue weighted by molar-refractivity contribution is 0.0735. The number of urea groups is 1. The number of aryl methyl sites for hydroxylation is 1. The van der Waals surface area contributed by atoms with E-state index in [1.165, 1.54) is 0 Å². The molecule has 3 heterocycles. The summed E-state index contributed by atoms with van der Waals surface area (Å²) in [6.07, 6.45) is 5.74. The van der Waals surface area contributed by atoms with E-state index >= 15 is 0 Å². The Kier molecular flexibility index (Phi) is 3.91. The number of aromatic nitrogens is 2. The van der Waals surface area contributed by atoms with Crippen LogP contribution in [0.3, 0.4) is 0 Å². The second-order valence-electron chi connectivity index (χ2n) is 6.54. The molecule has 1 aromatic carbocycles. The summed E-state index contributed by atoms with van der Waals surface area (Å²) >= 11 is 0. The van der Waals surface area contributed by atoms with E-state index < -0.39 is 0 Å². The highest BCUT2D eigenvalue weighted by molar-refractivity contribution is 5.98. The average molecular weight is 339 g/mol. The summed E-state index contributed by atoms with van der Waals surface area (Å²) in [5, 5.41) is 7.02. The standard InChI is InChI=1S/C18H21N5O2/c1-21-12-14(11-20-21)16-6-3-8-23(16)17(24)13-4-2-5-15(10-13)22-9-7-19-18(22)25/h2,4-5,10-12,16H,3,6-9H2,1H3,(H,19,25). The summed E-state index contributed by atoms with van der Waals surface area (Å²) in [6, 6.07) is 7.29. The van der Waals surface area contributed by atoms with Crippen LogP contribution >= 0.6 is 0 Å². The number of anilines is 1. The number of nitrogens with zero attached hydrogens (tertiary/aromatic N) is 4. The zero-order chi connectivity index (χ0) is 17.4. The number of carbonyl (C=O) groups is 2. The van der Waals surface area contributed by atoms with Crippen molar-refractivity contribution in [1.82, 2.24) is 20.0 Å². The first-order valence-corrected chi connectivity index (χ1v) is 8.58. The van der Waals surface area contributed by atoms with Crippen molar-refractivity contribution in [3.8, 4) is 0 Å². The van der Waals surface area contributed by atoms with Gasteiger partial charge in [0.1, 0.15) is 0 Å². The maximum Gasteiger partial charge on any atom is 0.321 e. The molecule has 1 N–H and O–H groups in total. The Hall–Kier alpha value is -2.83.